The van der Waals surface area contributed by atoms with Gasteiger partial charge in [0.1, 0.15) is 18.8 Å². The van der Waals surface area contributed by atoms with Crippen molar-refractivity contribution in [1.29, 1.82) is 0 Å². The van der Waals surface area contributed by atoms with Crippen molar-refractivity contribution in [3.8, 4) is 0 Å². The highest BCUT2D eigenvalue weighted by molar-refractivity contribution is 5.89. The van der Waals surface area contributed by atoms with Gasteiger partial charge in [0.15, 0.2) is 5.60 Å². The van der Waals surface area contributed by atoms with E-state index < -0.39 is 35.7 Å². The van der Waals surface area contributed by atoms with Crippen LogP contribution in [0.1, 0.15) is 27.2 Å². The molecule has 0 aromatic carbocycles. The summed E-state index contributed by atoms with van der Waals surface area (Å²) in [5, 5.41) is 20.9. The molecule has 0 saturated carbocycles. The first-order valence-corrected chi connectivity index (χ1v) is 8.62. The molecule has 0 aromatic heterocycles. The van der Waals surface area contributed by atoms with Crippen LogP contribution in [-0.4, -0.2) is 70.6 Å². The van der Waals surface area contributed by atoms with E-state index >= 15 is 0 Å². The molecule has 3 heterocycles. The van der Waals surface area contributed by atoms with E-state index in [4.69, 9.17) is 9.47 Å². The normalized spacial score (nSPS) is 41.5. The Kier molecular flexibility index (Phi) is 4.74. The smallest absolute Gasteiger partial charge is 0.338 e. The third-order valence-electron chi connectivity index (χ3n) is 5.60. The van der Waals surface area contributed by atoms with E-state index in [0.717, 1.165) is 5.57 Å². The molecular weight excluding hydrogens is 326 g/mol. The minimum absolute atomic E-state index is 0.0140. The molecule has 2 N–H and O–H groups in total. The van der Waals surface area contributed by atoms with Gasteiger partial charge in [-0.2, -0.15) is 0 Å². The number of esters is 2. The Morgan fingerprint density at radius 2 is 2.12 bits per heavy atom. The number of cyclic esters (lactones) is 1. The monoisotopic (exact) mass is 351 g/mol. The SMILES string of the molecule is C/C=C1\CC(C)C(C)(O)C(=O)OCC2=CCN3CC(O)C(OC1=O)C23. The molecule has 3 aliphatic heterocycles. The van der Waals surface area contributed by atoms with Crippen molar-refractivity contribution in [2.24, 2.45) is 5.92 Å². The number of aliphatic hydroxyl groups is 2. The predicted molar refractivity (Wildman–Crippen MR) is 88.5 cm³/mol. The van der Waals surface area contributed by atoms with Crippen molar-refractivity contribution in [2.75, 3.05) is 19.7 Å². The zero-order valence-corrected chi connectivity index (χ0v) is 14.8. The summed E-state index contributed by atoms with van der Waals surface area (Å²) in [5.74, 6) is -1.76. The Morgan fingerprint density at radius 1 is 1.40 bits per heavy atom. The predicted octanol–water partition coefficient (Wildman–Crippen LogP) is 0.164. The number of ether oxygens (including phenoxy) is 2. The molecule has 3 aliphatic rings. The molecule has 138 valence electrons. The van der Waals surface area contributed by atoms with Gasteiger partial charge in [-0.15, -0.1) is 0 Å². The Labute approximate surface area is 146 Å². The quantitative estimate of drug-likeness (QED) is 0.365. The number of carbonyl (C=O) groups is 2. The molecular formula is C18H25NO6. The number of hydrogen-bond donors (Lipinski definition) is 2. The molecule has 0 spiro atoms. The zero-order valence-electron chi connectivity index (χ0n) is 14.8. The summed E-state index contributed by atoms with van der Waals surface area (Å²) in [4.78, 5) is 26.9. The van der Waals surface area contributed by atoms with Crippen LogP contribution in [0.15, 0.2) is 23.3 Å². The Balaban J connectivity index is 1.94. The van der Waals surface area contributed by atoms with Crippen LogP contribution in [0.4, 0.5) is 0 Å². The number of carbonyl (C=O) groups excluding carboxylic acids is 2. The van der Waals surface area contributed by atoms with E-state index in [0.29, 0.717) is 18.7 Å². The minimum atomic E-state index is -1.71. The van der Waals surface area contributed by atoms with E-state index in [1.807, 2.05) is 11.0 Å². The highest BCUT2D eigenvalue weighted by Gasteiger charge is 2.49. The molecule has 5 atom stereocenters. The van der Waals surface area contributed by atoms with Gasteiger partial charge in [0, 0.05) is 18.7 Å². The lowest BCUT2D eigenvalue weighted by molar-refractivity contribution is -0.169. The van der Waals surface area contributed by atoms with Crippen molar-refractivity contribution in [3.63, 3.8) is 0 Å². The van der Waals surface area contributed by atoms with Gasteiger partial charge in [-0.3, -0.25) is 4.90 Å². The van der Waals surface area contributed by atoms with Gasteiger partial charge in [-0.25, -0.2) is 9.59 Å². The molecule has 0 radical (unpaired) electrons. The number of hydrogen-bond acceptors (Lipinski definition) is 7. The van der Waals surface area contributed by atoms with E-state index in [9.17, 15) is 19.8 Å². The maximum atomic E-state index is 12.6. The molecule has 0 aliphatic carbocycles. The lowest BCUT2D eigenvalue weighted by Crippen LogP contribution is -2.45. The van der Waals surface area contributed by atoms with Gasteiger partial charge in [0.2, 0.25) is 0 Å². The largest absolute Gasteiger partial charge is 0.459 e. The summed E-state index contributed by atoms with van der Waals surface area (Å²) >= 11 is 0. The first kappa shape index (κ1) is 18.1. The van der Waals surface area contributed by atoms with Crippen molar-refractivity contribution in [3.05, 3.63) is 23.3 Å². The molecule has 25 heavy (non-hydrogen) atoms. The summed E-state index contributed by atoms with van der Waals surface area (Å²) < 4.78 is 11.0. The van der Waals surface area contributed by atoms with E-state index in [-0.39, 0.29) is 19.1 Å². The van der Waals surface area contributed by atoms with Crippen LogP contribution >= 0.6 is 0 Å². The van der Waals surface area contributed by atoms with Crippen LogP contribution in [-0.2, 0) is 19.1 Å². The summed E-state index contributed by atoms with van der Waals surface area (Å²) in [6.07, 6.45) is 2.25. The molecule has 2 saturated heterocycles. The average Bonchev–Trinajstić information content (AvgIpc) is 3.08. The van der Waals surface area contributed by atoms with Gasteiger partial charge < -0.3 is 19.7 Å². The Bertz CT molecular complexity index is 637. The summed E-state index contributed by atoms with van der Waals surface area (Å²) in [6.45, 7) is 5.82. The van der Waals surface area contributed by atoms with Gasteiger partial charge in [-0.1, -0.05) is 19.1 Å². The second kappa shape index (κ2) is 6.55. The van der Waals surface area contributed by atoms with Crippen LogP contribution in [0.25, 0.3) is 0 Å². The minimum Gasteiger partial charge on any atom is -0.459 e. The lowest BCUT2D eigenvalue weighted by atomic mass is 9.85. The third-order valence-corrected chi connectivity index (χ3v) is 5.60. The summed E-state index contributed by atoms with van der Waals surface area (Å²) in [5.41, 5.74) is -0.551. The van der Waals surface area contributed by atoms with Gasteiger partial charge in [-0.05, 0) is 31.8 Å². The highest BCUT2D eigenvalue weighted by Crippen LogP contribution is 2.34. The number of allylic oxidation sites excluding steroid dienone is 1. The van der Waals surface area contributed by atoms with Crippen molar-refractivity contribution < 1.29 is 29.3 Å². The average molecular weight is 351 g/mol. The molecule has 3 rings (SSSR count). The van der Waals surface area contributed by atoms with Crippen molar-refractivity contribution in [2.45, 2.75) is 51.0 Å². The van der Waals surface area contributed by atoms with Crippen LogP contribution in [0.3, 0.4) is 0 Å². The molecule has 5 unspecified atom stereocenters. The number of nitrogens with zero attached hydrogens (tertiary/aromatic N) is 1. The fourth-order valence-corrected chi connectivity index (χ4v) is 3.70. The first-order chi connectivity index (χ1) is 11.8. The maximum absolute atomic E-state index is 12.6. The lowest BCUT2D eigenvalue weighted by Gasteiger charge is -2.31. The van der Waals surface area contributed by atoms with Gasteiger partial charge in [0.05, 0.1) is 6.04 Å². The highest BCUT2D eigenvalue weighted by atomic mass is 16.6. The molecule has 7 nitrogen and oxygen atoms in total. The summed E-state index contributed by atoms with van der Waals surface area (Å²) in [7, 11) is 0. The number of aliphatic hydroxyl groups excluding tert-OH is 1. The van der Waals surface area contributed by atoms with Crippen LogP contribution in [0, 0.1) is 5.92 Å². The number of rotatable bonds is 0. The molecule has 2 fully saturated rings. The molecule has 0 amide bonds. The zero-order chi connectivity index (χ0) is 18.4. The fraction of sp³-hybridized carbons (Fsp3) is 0.667. The van der Waals surface area contributed by atoms with Crippen LogP contribution < -0.4 is 0 Å². The second-order valence-electron chi connectivity index (χ2n) is 7.26. The van der Waals surface area contributed by atoms with Crippen LogP contribution in [0.5, 0.6) is 0 Å². The van der Waals surface area contributed by atoms with Crippen LogP contribution in [0.2, 0.25) is 0 Å². The van der Waals surface area contributed by atoms with Gasteiger partial charge >= 0.3 is 11.9 Å². The fourth-order valence-electron chi connectivity index (χ4n) is 3.70. The Hall–Kier alpha value is -1.70. The van der Waals surface area contributed by atoms with E-state index in [2.05, 4.69) is 0 Å². The molecule has 0 aromatic rings. The third kappa shape index (κ3) is 3.12. The second-order valence-corrected chi connectivity index (χ2v) is 7.26. The first-order valence-electron chi connectivity index (χ1n) is 8.62. The van der Waals surface area contributed by atoms with Crippen molar-refractivity contribution >= 4 is 11.9 Å². The van der Waals surface area contributed by atoms with Crippen molar-refractivity contribution in [1.82, 2.24) is 4.90 Å². The summed E-state index contributed by atoms with van der Waals surface area (Å²) in [6, 6.07) is -0.299. The van der Waals surface area contributed by atoms with Gasteiger partial charge in [0.25, 0.3) is 0 Å². The maximum Gasteiger partial charge on any atom is 0.338 e. The molecule has 7 heteroatoms. The van der Waals surface area contributed by atoms with E-state index in [1.165, 1.54) is 6.92 Å². The van der Waals surface area contributed by atoms with E-state index in [1.54, 1.807) is 19.9 Å². The molecule has 0 bridgehead atoms. The Morgan fingerprint density at radius 3 is 2.80 bits per heavy atom. The standard InChI is InChI=1S/C18H25NO6/c1-4-11-7-10(2)18(3,23)17(22)24-9-12-5-6-19-8-13(20)15(14(12)19)25-16(11)21/h4-5,10,13-15,20,23H,6-9H2,1-3H3/b11-4+. The topological polar surface area (TPSA) is 96.3 Å².